The van der Waals surface area contributed by atoms with Crippen molar-refractivity contribution >= 4 is 28.4 Å². The normalized spacial score (nSPS) is 17.6. The van der Waals surface area contributed by atoms with Crippen LogP contribution >= 0.6 is 0 Å². The van der Waals surface area contributed by atoms with Crippen molar-refractivity contribution in [3.8, 4) is 5.75 Å². The number of hydrogen-bond donors (Lipinski definition) is 2. The molecule has 2 N–H and O–H groups in total. The molecule has 6 nitrogen and oxygen atoms in total. The van der Waals surface area contributed by atoms with E-state index in [1.807, 2.05) is 78.9 Å². The number of carbonyl (C=O) groups excluding carboxylic acids is 2. The van der Waals surface area contributed by atoms with Crippen LogP contribution in [0.25, 0.3) is 16.7 Å². The summed E-state index contributed by atoms with van der Waals surface area (Å²) in [7, 11) is 1.58. The lowest BCUT2D eigenvalue weighted by Gasteiger charge is -2.25. The molecule has 4 aromatic rings. The molecule has 33 heavy (non-hydrogen) atoms. The van der Waals surface area contributed by atoms with Crippen LogP contribution in [0.2, 0.25) is 0 Å². The van der Waals surface area contributed by atoms with E-state index in [1.165, 1.54) is 4.90 Å². The van der Waals surface area contributed by atoms with Crippen molar-refractivity contribution in [1.29, 1.82) is 0 Å². The molecule has 0 aliphatic carbocycles. The molecule has 1 saturated heterocycles. The van der Waals surface area contributed by atoms with Gasteiger partial charge in [-0.15, -0.1) is 0 Å². The van der Waals surface area contributed by atoms with Crippen LogP contribution in [0.3, 0.4) is 0 Å². The lowest BCUT2D eigenvalue weighted by molar-refractivity contribution is -0.140. The van der Waals surface area contributed by atoms with E-state index in [2.05, 4.69) is 4.98 Å². The van der Waals surface area contributed by atoms with E-state index in [4.69, 9.17) is 4.74 Å². The second-order valence-corrected chi connectivity index (χ2v) is 7.94. The first-order chi connectivity index (χ1) is 16.1. The summed E-state index contributed by atoms with van der Waals surface area (Å²) in [6, 6.07) is 23.5. The van der Waals surface area contributed by atoms with Gasteiger partial charge < -0.3 is 19.7 Å². The third kappa shape index (κ3) is 3.55. The van der Waals surface area contributed by atoms with Crippen LogP contribution in [-0.2, 0) is 16.1 Å². The van der Waals surface area contributed by atoms with Gasteiger partial charge in [0.2, 0.25) is 0 Å². The summed E-state index contributed by atoms with van der Waals surface area (Å²) in [5.74, 6) is -0.866. The predicted molar refractivity (Wildman–Crippen MR) is 126 cm³/mol. The number of nitrogens with zero attached hydrogens (tertiary/aromatic N) is 1. The number of para-hydroxylation sites is 1. The van der Waals surface area contributed by atoms with E-state index >= 15 is 0 Å². The number of rotatable bonds is 5. The summed E-state index contributed by atoms with van der Waals surface area (Å²) >= 11 is 0. The van der Waals surface area contributed by atoms with Crippen LogP contribution in [-0.4, -0.2) is 33.8 Å². The number of aliphatic hydroxyl groups is 1. The van der Waals surface area contributed by atoms with Crippen LogP contribution in [0.15, 0.2) is 90.6 Å². The van der Waals surface area contributed by atoms with Crippen molar-refractivity contribution < 1.29 is 19.4 Å². The van der Waals surface area contributed by atoms with Gasteiger partial charge in [0.05, 0.1) is 18.7 Å². The number of H-pyrrole nitrogens is 1. The molecule has 2 heterocycles. The lowest BCUT2D eigenvalue weighted by Crippen LogP contribution is -2.29. The Morgan fingerprint density at radius 1 is 1.00 bits per heavy atom. The maximum Gasteiger partial charge on any atom is 0.295 e. The minimum atomic E-state index is -0.717. The zero-order chi connectivity index (χ0) is 22.9. The fourth-order valence-electron chi connectivity index (χ4n) is 4.41. The van der Waals surface area contributed by atoms with Crippen molar-refractivity contribution in [2.24, 2.45) is 0 Å². The number of carbonyl (C=O) groups is 2. The van der Waals surface area contributed by atoms with E-state index in [1.54, 1.807) is 13.3 Å². The molecular weight excluding hydrogens is 416 g/mol. The lowest BCUT2D eigenvalue weighted by atomic mass is 9.95. The first-order valence-corrected chi connectivity index (χ1v) is 10.6. The molecule has 5 rings (SSSR count). The number of Topliss-reactive ketones (excluding diaryl/α,β-unsaturated/α-hetero) is 1. The zero-order valence-electron chi connectivity index (χ0n) is 18.0. The topological polar surface area (TPSA) is 82.6 Å². The van der Waals surface area contributed by atoms with E-state index in [0.717, 1.165) is 22.0 Å². The SMILES string of the molecule is COc1cccc(CN2C(=O)C(=O)/C(=C(\O)c3c[nH]c4ccccc34)C2c2ccccc2)c1. The second-order valence-electron chi connectivity index (χ2n) is 7.94. The Morgan fingerprint density at radius 3 is 2.55 bits per heavy atom. The first-order valence-electron chi connectivity index (χ1n) is 10.6. The zero-order valence-corrected chi connectivity index (χ0v) is 18.0. The second kappa shape index (κ2) is 8.31. The Balaban J connectivity index is 1.66. The largest absolute Gasteiger partial charge is 0.507 e. The van der Waals surface area contributed by atoms with Gasteiger partial charge in [-0.05, 0) is 29.3 Å². The number of nitrogens with one attached hydrogen (secondary N) is 1. The molecule has 3 aromatic carbocycles. The van der Waals surface area contributed by atoms with Gasteiger partial charge >= 0.3 is 0 Å². The summed E-state index contributed by atoms with van der Waals surface area (Å²) < 4.78 is 5.30. The van der Waals surface area contributed by atoms with Gasteiger partial charge in [0, 0.05) is 29.2 Å². The molecule has 164 valence electrons. The summed E-state index contributed by atoms with van der Waals surface area (Å²) in [6.45, 7) is 0.200. The summed E-state index contributed by atoms with van der Waals surface area (Å²) in [6.07, 6.45) is 1.66. The number of fused-ring (bicyclic) bond motifs is 1. The van der Waals surface area contributed by atoms with Crippen molar-refractivity contribution in [3.63, 3.8) is 0 Å². The highest BCUT2D eigenvalue weighted by Gasteiger charge is 2.46. The average molecular weight is 438 g/mol. The molecule has 0 spiro atoms. The van der Waals surface area contributed by atoms with Gasteiger partial charge in [0.25, 0.3) is 11.7 Å². The highest BCUT2D eigenvalue weighted by Crippen LogP contribution is 2.41. The number of ether oxygens (including phenoxy) is 1. The molecule has 1 atom stereocenters. The number of hydrogen-bond acceptors (Lipinski definition) is 4. The van der Waals surface area contributed by atoms with E-state index in [9.17, 15) is 14.7 Å². The molecule has 1 aliphatic rings. The number of amides is 1. The number of benzene rings is 3. The number of methoxy groups -OCH3 is 1. The standard InChI is InChI=1S/C27H22N2O4/c1-33-19-11-7-8-17(14-19)16-29-24(18-9-3-2-4-10-18)23(26(31)27(29)32)25(30)21-15-28-22-13-6-5-12-20(21)22/h2-15,24,28,30H,16H2,1H3/b25-23-. The smallest absolute Gasteiger partial charge is 0.295 e. The Morgan fingerprint density at radius 2 is 1.76 bits per heavy atom. The van der Waals surface area contributed by atoms with Crippen LogP contribution < -0.4 is 4.74 Å². The predicted octanol–water partition coefficient (Wildman–Crippen LogP) is 4.80. The molecule has 1 fully saturated rings. The molecular formula is C27H22N2O4. The van der Waals surface area contributed by atoms with E-state index < -0.39 is 17.7 Å². The minimum absolute atomic E-state index is 0.0823. The molecule has 0 bridgehead atoms. The molecule has 1 aliphatic heterocycles. The van der Waals surface area contributed by atoms with E-state index in [0.29, 0.717) is 11.3 Å². The van der Waals surface area contributed by atoms with Gasteiger partial charge in [0.15, 0.2) is 0 Å². The maximum absolute atomic E-state index is 13.2. The van der Waals surface area contributed by atoms with Crippen molar-refractivity contribution in [2.75, 3.05) is 7.11 Å². The monoisotopic (exact) mass is 438 g/mol. The number of aromatic nitrogens is 1. The van der Waals surface area contributed by atoms with Crippen LogP contribution in [0, 0.1) is 0 Å². The van der Waals surface area contributed by atoms with Crippen LogP contribution in [0.1, 0.15) is 22.7 Å². The number of likely N-dealkylation sites (tertiary alicyclic amines) is 1. The van der Waals surface area contributed by atoms with Crippen molar-refractivity contribution in [1.82, 2.24) is 9.88 Å². The number of aliphatic hydroxyl groups excluding tert-OH is 1. The fourth-order valence-corrected chi connectivity index (χ4v) is 4.41. The molecule has 1 aromatic heterocycles. The third-order valence-corrected chi connectivity index (χ3v) is 5.99. The van der Waals surface area contributed by atoms with Gasteiger partial charge in [-0.3, -0.25) is 9.59 Å². The van der Waals surface area contributed by atoms with Crippen molar-refractivity contribution in [2.45, 2.75) is 12.6 Å². The number of ketones is 1. The van der Waals surface area contributed by atoms with Gasteiger partial charge in [-0.2, -0.15) is 0 Å². The Kier molecular flexibility index (Phi) is 5.18. The molecule has 1 unspecified atom stereocenters. The molecule has 0 saturated carbocycles. The maximum atomic E-state index is 13.2. The Bertz CT molecular complexity index is 1390. The van der Waals surface area contributed by atoms with E-state index in [-0.39, 0.29) is 17.9 Å². The summed E-state index contributed by atoms with van der Waals surface area (Å²) in [5.41, 5.74) is 2.98. The summed E-state index contributed by atoms with van der Waals surface area (Å²) in [5, 5.41) is 12.1. The van der Waals surface area contributed by atoms with Crippen molar-refractivity contribution in [3.05, 3.63) is 107 Å². The summed E-state index contributed by atoms with van der Waals surface area (Å²) in [4.78, 5) is 31.1. The van der Waals surface area contributed by atoms with Gasteiger partial charge in [-0.25, -0.2) is 0 Å². The van der Waals surface area contributed by atoms with Crippen LogP contribution in [0.4, 0.5) is 0 Å². The fraction of sp³-hybridized carbons (Fsp3) is 0.111. The van der Waals surface area contributed by atoms with Crippen LogP contribution in [0.5, 0.6) is 5.75 Å². The molecule has 6 heteroatoms. The highest BCUT2D eigenvalue weighted by molar-refractivity contribution is 6.46. The average Bonchev–Trinajstić information content (AvgIpc) is 3.39. The van der Waals surface area contributed by atoms with Gasteiger partial charge in [0.1, 0.15) is 11.5 Å². The Hall–Kier alpha value is -4.32. The number of aromatic amines is 1. The molecule has 1 amide bonds. The first kappa shape index (κ1) is 20.6. The quantitative estimate of drug-likeness (QED) is 0.266. The Labute approximate surface area is 190 Å². The third-order valence-electron chi connectivity index (χ3n) is 5.99. The van der Waals surface area contributed by atoms with Gasteiger partial charge in [-0.1, -0.05) is 60.7 Å². The highest BCUT2D eigenvalue weighted by atomic mass is 16.5. The molecule has 0 radical (unpaired) electrons. The minimum Gasteiger partial charge on any atom is -0.507 e.